The third-order valence-corrected chi connectivity index (χ3v) is 2.57. The average Bonchev–Trinajstić information content (AvgIpc) is 2.46. The predicted molar refractivity (Wildman–Crippen MR) is 50.8 cm³/mol. The Bertz CT molecular complexity index is 223. The molecule has 0 saturated carbocycles. The molecule has 0 aromatic carbocycles. The van der Waals surface area contributed by atoms with Crippen LogP contribution in [-0.2, 0) is 12.8 Å². The summed E-state index contributed by atoms with van der Waals surface area (Å²) in [5.41, 5.74) is 5.37. The van der Waals surface area contributed by atoms with E-state index in [4.69, 9.17) is 5.73 Å². The van der Waals surface area contributed by atoms with E-state index in [0.29, 0.717) is 0 Å². The number of nitrogens with two attached hydrogens (primary N) is 1. The van der Waals surface area contributed by atoms with Crippen LogP contribution < -0.4 is 5.73 Å². The van der Waals surface area contributed by atoms with Gasteiger partial charge in [-0.1, -0.05) is 0 Å². The van der Waals surface area contributed by atoms with Gasteiger partial charge in [0.2, 0.25) is 0 Å². The van der Waals surface area contributed by atoms with Crippen LogP contribution >= 0.6 is 11.8 Å². The van der Waals surface area contributed by atoms with E-state index >= 15 is 0 Å². The molecule has 1 heterocycles. The molecule has 0 aliphatic rings. The molecule has 1 rings (SSSR count). The van der Waals surface area contributed by atoms with E-state index in [1.807, 2.05) is 23.4 Å². The maximum atomic E-state index is 5.37. The van der Waals surface area contributed by atoms with Crippen molar-refractivity contribution < 1.29 is 0 Å². The van der Waals surface area contributed by atoms with E-state index in [-0.39, 0.29) is 0 Å². The van der Waals surface area contributed by atoms with Gasteiger partial charge in [-0.05, 0) is 18.7 Å². The SMILES string of the molecule is Cn1cnnc1CSCCCN. The summed E-state index contributed by atoms with van der Waals surface area (Å²) in [5, 5.41) is 7.77. The smallest absolute Gasteiger partial charge is 0.142 e. The van der Waals surface area contributed by atoms with Crippen molar-refractivity contribution in [3.8, 4) is 0 Å². The van der Waals surface area contributed by atoms with Gasteiger partial charge in [0.1, 0.15) is 12.2 Å². The second kappa shape index (κ2) is 5.16. The van der Waals surface area contributed by atoms with Crippen LogP contribution in [0.2, 0.25) is 0 Å². The lowest BCUT2D eigenvalue weighted by atomic mass is 10.5. The van der Waals surface area contributed by atoms with E-state index < -0.39 is 0 Å². The molecule has 1 aromatic heterocycles. The summed E-state index contributed by atoms with van der Waals surface area (Å²) in [6.07, 6.45) is 2.79. The molecule has 0 atom stereocenters. The van der Waals surface area contributed by atoms with Gasteiger partial charge in [0.25, 0.3) is 0 Å². The van der Waals surface area contributed by atoms with Crippen molar-refractivity contribution in [2.75, 3.05) is 12.3 Å². The molecule has 0 saturated heterocycles. The van der Waals surface area contributed by atoms with Crippen molar-refractivity contribution in [1.29, 1.82) is 0 Å². The van der Waals surface area contributed by atoms with Gasteiger partial charge in [0.05, 0.1) is 5.75 Å². The Hall–Kier alpha value is -0.550. The number of nitrogens with zero attached hydrogens (tertiary/aromatic N) is 3. The summed E-state index contributed by atoms with van der Waals surface area (Å²) in [7, 11) is 1.96. The van der Waals surface area contributed by atoms with Gasteiger partial charge in [-0.3, -0.25) is 0 Å². The summed E-state index contributed by atoms with van der Waals surface area (Å²) in [4.78, 5) is 0. The number of aryl methyl sites for hydroxylation is 1. The van der Waals surface area contributed by atoms with Gasteiger partial charge in [-0.2, -0.15) is 11.8 Å². The van der Waals surface area contributed by atoms with Gasteiger partial charge >= 0.3 is 0 Å². The molecular formula is C7H14N4S. The lowest BCUT2D eigenvalue weighted by molar-refractivity contribution is 0.848. The van der Waals surface area contributed by atoms with Crippen LogP contribution in [-0.4, -0.2) is 27.1 Å². The minimum absolute atomic E-state index is 0.770. The van der Waals surface area contributed by atoms with Crippen molar-refractivity contribution in [1.82, 2.24) is 14.8 Å². The van der Waals surface area contributed by atoms with Gasteiger partial charge in [0.15, 0.2) is 0 Å². The van der Waals surface area contributed by atoms with Gasteiger partial charge in [0, 0.05) is 7.05 Å². The topological polar surface area (TPSA) is 56.7 Å². The highest BCUT2D eigenvalue weighted by molar-refractivity contribution is 7.98. The van der Waals surface area contributed by atoms with E-state index in [9.17, 15) is 0 Å². The summed E-state index contributed by atoms with van der Waals surface area (Å²) < 4.78 is 1.94. The number of hydrogen-bond acceptors (Lipinski definition) is 4. The monoisotopic (exact) mass is 186 g/mol. The first kappa shape index (κ1) is 9.54. The van der Waals surface area contributed by atoms with Crippen LogP contribution in [0.1, 0.15) is 12.2 Å². The van der Waals surface area contributed by atoms with E-state index in [2.05, 4.69) is 10.2 Å². The summed E-state index contributed by atoms with van der Waals surface area (Å²) in [5.74, 6) is 3.05. The number of aromatic nitrogens is 3. The molecule has 1 aromatic rings. The normalized spacial score (nSPS) is 10.5. The van der Waals surface area contributed by atoms with Crippen molar-refractivity contribution in [3.05, 3.63) is 12.2 Å². The first-order valence-corrected chi connectivity index (χ1v) is 5.10. The minimum Gasteiger partial charge on any atom is -0.330 e. The van der Waals surface area contributed by atoms with Crippen molar-refractivity contribution >= 4 is 11.8 Å². The Kier molecular flexibility index (Phi) is 4.10. The molecule has 0 unspecified atom stereocenters. The van der Waals surface area contributed by atoms with Crippen molar-refractivity contribution in [3.63, 3.8) is 0 Å². The lowest BCUT2D eigenvalue weighted by Gasteiger charge is -1.99. The maximum absolute atomic E-state index is 5.37. The first-order chi connectivity index (χ1) is 5.84. The highest BCUT2D eigenvalue weighted by atomic mass is 32.2. The molecule has 0 radical (unpaired) electrons. The minimum atomic E-state index is 0.770. The highest BCUT2D eigenvalue weighted by Gasteiger charge is 1.98. The largest absolute Gasteiger partial charge is 0.330 e. The van der Waals surface area contributed by atoms with Gasteiger partial charge in [-0.15, -0.1) is 10.2 Å². The number of hydrogen-bond donors (Lipinski definition) is 1. The summed E-state index contributed by atoms with van der Waals surface area (Å²) in [6.45, 7) is 0.770. The van der Waals surface area contributed by atoms with Crippen LogP contribution in [0, 0.1) is 0 Å². The Morgan fingerprint density at radius 2 is 2.50 bits per heavy atom. The zero-order chi connectivity index (χ0) is 8.81. The first-order valence-electron chi connectivity index (χ1n) is 3.95. The highest BCUT2D eigenvalue weighted by Crippen LogP contribution is 2.09. The lowest BCUT2D eigenvalue weighted by Crippen LogP contribution is -2.00. The fourth-order valence-corrected chi connectivity index (χ4v) is 1.75. The Balaban J connectivity index is 2.20. The molecule has 0 bridgehead atoms. The number of thioether (sulfide) groups is 1. The average molecular weight is 186 g/mol. The van der Waals surface area contributed by atoms with E-state index in [0.717, 1.165) is 30.3 Å². The second-order valence-corrected chi connectivity index (χ2v) is 3.66. The van der Waals surface area contributed by atoms with Crippen LogP contribution in [0.3, 0.4) is 0 Å². The standard InChI is InChI=1S/C7H14N4S/c1-11-6-9-10-7(11)5-12-4-2-3-8/h6H,2-5,8H2,1H3. The molecule has 0 aliphatic heterocycles. The van der Waals surface area contributed by atoms with Crippen molar-refractivity contribution in [2.45, 2.75) is 12.2 Å². The molecule has 0 aliphatic carbocycles. The van der Waals surface area contributed by atoms with Crippen LogP contribution in [0.4, 0.5) is 0 Å². The van der Waals surface area contributed by atoms with Crippen LogP contribution in [0.25, 0.3) is 0 Å². The fourth-order valence-electron chi connectivity index (χ4n) is 0.787. The predicted octanol–water partition coefficient (Wildman–Crippen LogP) is 0.397. The molecule has 12 heavy (non-hydrogen) atoms. The molecule has 5 heteroatoms. The fraction of sp³-hybridized carbons (Fsp3) is 0.714. The molecule has 0 amide bonds. The van der Waals surface area contributed by atoms with Crippen molar-refractivity contribution in [2.24, 2.45) is 12.8 Å². The number of rotatable bonds is 5. The Labute approximate surface area is 76.5 Å². The molecule has 68 valence electrons. The van der Waals surface area contributed by atoms with E-state index in [1.165, 1.54) is 0 Å². The Morgan fingerprint density at radius 1 is 1.67 bits per heavy atom. The molecule has 0 spiro atoms. The second-order valence-electron chi connectivity index (χ2n) is 2.55. The zero-order valence-electron chi connectivity index (χ0n) is 7.23. The Morgan fingerprint density at radius 3 is 3.08 bits per heavy atom. The van der Waals surface area contributed by atoms with Crippen LogP contribution in [0.15, 0.2) is 6.33 Å². The third-order valence-electron chi connectivity index (χ3n) is 1.53. The molecule has 2 N–H and O–H groups in total. The van der Waals surface area contributed by atoms with Crippen LogP contribution in [0.5, 0.6) is 0 Å². The summed E-state index contributed by atoms with van der Waals surface area (Å²) in [6, 6.07) is 0. The summed E-state index contributed by atoms with van der Waals surface area (Å²) >= 11 is 1.85. The van der Waals surface area contributed by atoms with Gasteiger partial charge in [-0.25, -0.2) is 0 Å². The molecule has 0 fully saturated rings. The quantitative estimate of drug-likeness (QED) is 0.676. The maximum Gasteiger partial charge on any atom is 0.142 e. The van der Waals surface area contributed by atoms with E-state index in [1.54, 1.807) is 6.33 Å². The third kappa shape index (κ3) is 2.83. The molecular weight excluding hydrogens is 172 g/mol. The van der Waals surface area contributed by atoms with Gasteiger partial charge < -0.3 is 10.3 Å². The molecule has 4 nitrogen and oxygen atoms in total. The zero-order valence-corrected chi connectivity index (χ0v) is 8.05.